The summed E-state index contributed by atoms with van der Waals surface area (Å²) < 4.78 is 0. The molecule has 1 unspecified atom stereocenters. The van der Waals surface area contributed by atoms with Gasteiger partial charge in [-0.3, -0.25) is 9.59 Å². The Morgan fingerprint density at radius 3 is 2.84 bits per heavy atom. The maximum Gasteiger partial charge on any atom is 0.313 e. The lowest BCUT2D eigenvalue weighted by Crippen LogP contribution is -2.44. The Balaban J connectivity index is 1.97. The highest BCUT2D eigenvalue weighted by atomic mass is 16.2. The average molecular weight is 260 g/mol. The van der Waals surface area contributed by atoms with Gasteiger partial charge >= 0.3 is 11.8 Å². The maximum absolute atomic E-state index is 12.0. The Morgan fingerprint density at radius 1 is 1.37 bits per heavy atom. The number of benzene rings is 1. The molecule has 4 heteroatoms. The molecule has 1 aliphatic heterocycles. The normalized spacial score (nSPS) is 19.1. The predicted octanol–water partition coefficient (Wildman–Crippen LogP) is 2.19. The molecule has 2 amide bonds. The lowest BCUT2D eigenvalue weighted by molar-refractivity contribution is -0.144. The molecule has 0 aromatic heterocycles. The minimum Gasteiger partial charge on any atom is -0.334 e. The number of likely N-dealkylation sites (tertiary alicyclic amines) is 1. The van der Waals surface area contributed by atoms with Crippen LogP contribution >= 0.6 is 0 Å². The fourth-order valence-corrected chi connectivity index (χ4v) is 2.42. The van der Waals surface area contributed by atoms with Crippen LogP contribution in [0.5, 0.6) is 0 Å². The third kappa shape index (κ3) is 3.56. The monoisotopic (exact) mass is 260 g/mol. The highest BCUT2D eigenvalue weighted by molar-refractivity contribution is 6.39. The van der Waals surface area contributed by atoms with Crippen LogP contribution in [0.3, 0.4) is 0 Å². The fourth-order valence-electron chi connectivity index (χ4n) is 2.42. The number of carbonyl (C=O) groups is 2. The highest BCUT2D eigenvalue weighted by Crippen LogP contribution is 2.16. The zero-order valence-electron chi connectivity index (χ0n) is 11.5. The van der Waals surface area contributed by atoms with Gasteiger partial charge in [-0.05, 0) is 43.4 Å². The summed E-state index contributed by atoms with van der Waals surface area (Å²) in [6.45, 7) is 5.42. The summed E-state index contributed by atoms with van der Waals surface area (Å²) in [7, 11) is 0. The second-order valence-corrected chi connectivity index (χ2v) is 5.32. The quantitative estimate of drug-likeness (QED) is 0.787. The van der Waals surface area contributed by atoms with Crippen molar-refractivity contribution in [2.75, 3.05) is 18.4 Å². The van der Waals surface area contributed by atoms with Gasteiger partial charge in [-0.25, -0.2) is 0 Å². The van der Waals surface area contributed by atoms with E-state index in [0.717, 1.165) is 18.4 Å². The summed E-state index contributed by atoms with van der Waals surface area (Å²) in [5, 5.41) is 2.66. The Labute approximate surface area is 113 Å². The van der Waals surface area contributed by atoms with E-state index in [0.29, 0.717) is 24.7 Å². The van der Waals surface area contributed by atoms with E-state index in [1.807, 2.05) is 25.1 Å². The molecular formula is C15H20N2O2. The maximum atomic E-state index is 12.0. The van der Waals surface area contributed by atoms with Gasteiger partial charge in [-0.15, -0.1) is 0 Å². The minimum atomic E-state index is -0.542. The van der Waals surface area contributed by atoms with Gasteiger partial charge in [-0.1, -0.05) is 19.1 Å². The number of anilines is 1. The van der Waals surface area contributed by atoms with Crippen LogP contribution in [-0.4, -0.2) is 29.8 Å². The topological polar surface area (TPSA) is 49.4 Å². The van der Waals surface area contributed by atoms with Crippen molar-refractivity contribution in [3.8, 4) is 0 Å². The SMILES string of the molecule is Cc1cccc(NC(=O)C(=O)N2CCCC(C)C2)c1. The van der Waals surface area contributed by atoms with Gasteiger partial charge in [0.15, 0.2) is 0 Å². The van der Waals surface area contributed by atoms with Gasteiger partial charge in [-0.2, -0.15) is 0 Å². The molecule has 1 heterocycles. The van der Waals surface area contributed by atoms with Crippen LogP contribution in [0.2, 0.25) is 0 Å². The molecule has 102 valence electrons. The number of nitrogens with one attached hydrogen (secondary N) is 1. The van der Waals surface area contributed by atoms with E-state index >= 15 is 0 Å². The van der Waals surface area contributed by atoms with Gasteiger partial charge in [0.1, 0.15) is 0 Å². The Bertz CT molecular complexity index is 485. The van der Waals surface area contributed by atoms with E-state index in [2.05, 4.69) is 12.2 Å². The number of aryl methyl sites for hydroxylation is 1. The van der Waals surface area contributed by atoms with Crippen LogP contribution in [0.15, 0.2) is 24.3 Å². The first-order valence-corrected chi connectivity index (χ1v) is 6.73. The zero-order chi connectivity index (χ0) is 13.8. The number of hydrogen-bond donors (Lipinski definition) is 1. The molecule has 19 heavy (non-hydrogen) atoms. The summed E-state index contributed by atoms with van der Waals surface area (Å²) in [4.78, 5) is 25.6. The molecule has 1 saturated heterocycles. The molecule has 0 bridgehead atoms. The Morgan fingerprint density at radius 2 is 2.16 bits per heavy atom. The van der Waals surface area contributed by atoms with E-state index in [1.165, 1.54) is 0 Å². The van der Waals surface area contributed by atoms with Crippen molar-refractivity contribution in [1.29, 1.82) is 0 Å². The molecule has 1 aromatic rings. The van der Waals surface area contributed by atoms with Gasteiger partial charge in [0.05, 0.1) is 0 Å². The van der Waals surface area contributed by atoms with E-state index in [4.69, 9.17) is 0 Å². The van der Waals surface area contributed by atoms with Crippen LogP contribution in [0.1, 0.15) is 25.3 Å². The summed E-state index contributed by atoms with van der Waals surface area (Å²) in [6, 6.07) is 7.45. The highest BCUT2D eigenvalue weighted by Gasteiger charge is 2.25. The molecule has 1 atom stereocenters. The van der Waals surface area contributed by atoms with Crippen LogP contribution < -0.4 is 5.32 Å². The molecule has 2 rings (SSSR count). The Kier molecular flexibility index (Phi) is 4.20. The molecule has 1 aliphatic rings. The van der Waals surface area contributed by atoms with Crippen molar-refractivity contribution in [3.05, 3.63) is 29.8 Å². The number of amides is 2. The van der Waals surface area contributed by atoms with Crippen LogP contribution in [0.25, 0.3) is 0 Å². The van der Waals surface area contributed by atoms with E-state index < -0.39 is 11.8 Å². The van der Waals surface area contributed by atoms with E-state index in [9.17, 15) is 9.59 Å². The second kappa shape index (κ2) is 5.87. The first kappa shape index (κ1) is 13.6. The number of rotatable bonds is 1. The molecule has 0 spiro atoms. The molecular weight excluding hydrogens is 240 g/mol. The summed E-state index contributed by atoms with van der Waals surface area (Å²) in [5.41, 5.74) is 1.72. The number of nitrogens with zero attached hydrogens (tertiary/aromatic N) is 1. The fraction of sp³-hybridized carbons (Fsp3) is 0.467. The lowest BCUT2D eigenvalue weighted by Gasteiger charge is -2.30. The first-order chi connectivity index (χ1) is 9.06. The lowest BCUT2D eigenvalue weighted by atomic mass is 10.0. The third-order valence-corrected chi connectivity index (χ3v) is 3.41. The largest absolute Gasteiger partial charge is 0.334 e. The molecule has 0 radical (unpaired) electrons. The van der Waals surface area contributed by atoms with E-state index in [1.54, 1.807) is 11.0 Å². The second-order valence-electron chi connectivity index (χ2n) is 5.32. The van der Waals surface area contributed by atoms with Gasteiger partial charge in [0.2, 0.25) is 0 Å². The van der Waals surface area contributed by atoms with Gasteiger partial charge < -0.3 is 10.2 Å². The van der Waals surface area contributed by atoms with Crippen molar-refractivity contribution >= 4 is 17.5 Å². The van der Waals surface area contributed by atoms with Gasteiger partial charge in [0.25, 0.3) is 0 Å². The van der Waals surface area contributed by atoms with Crippen molar-refractivity contribution in [3.63, 3.8) is 0 Å². The summed E-state index contributed by atoms with van der Waals surface area (Å²) >= 11 is 0. The minimum absolute atomic E-state index is 0.423. The molecule has 1 N–H and O–H groups in total. The van der Waals surface area contributed by atoms with Crippen LogP contribution in [-0.2, 0) is 9.59 Å². The molecule has 4 nitrogen and oxygen atoms in total. The van der Waals surface area contributed by atoms with Crippen molar-refractivity contribution < 1.29 is 9.59 Å². The third-order valence-electron chi connectivity index (χ3n) is 3.41. The number of carbonyl (C=O) groups excluding carboxylic acids is 2. The van der Waals surface area contributed by atoms with Gasteiger partial charge in [0, 0.05) is 18.8 Å². The van der Waals surface area contributed by atoms with Crippen LogP contribution in [0, 0.1) is 12.8 Å². The average Bonchev–Trinajstić information content (AvgIpc) is 2.38. The molecule has 0 saturated carbocycles. The molecule has 0 aliphatic carbocycles. The number of hydrogen-bond acceptors (Lipinski definition) is 2. The van der Waals surface area contributed by atoms with Crippen molar-refractivity contribution in [2.24, 2.45) is 5.92 Å². The summed E-state index contributed by atoms with van der Waals surface area (Å²) in [6.07, 6.45) is 2.11. The smallest absolute Gasteiger partial charge is 0.313 e. The standard InChI is InChI=1S/C15H20N2O2/c1-11-5-3-7-13(9-11)16-14(18)15(19)17-8-4-6-12(2)10-17/h3,5,7,9,12H,4,6,8,10H2,1-2H3,(H,16,18). The Hall–Kier alpha value is -1.84. The molecule has 1 aromatic carbocycles. The molecule has 1 fully saturated rings. The van der Waals surface area contributed by atoms with E-state index in [-0.39, 0.29) is 0 Å². The van der Waals surface area contributed by atoms with Crippen molar-refractivity contribution in [2.45, 2.75) is 26.7 Å². The first-order valence-electron chi connectivity index (χ1n) is 6.73. The predicted molar refractivity (Wildman–Crippen MR) is 74.8 cm³/mol. The van der Waals surface area contributed by atoms with Crippen LogP contribution in [0.4, 0.5) is 5.69 Å². The zero-order valence-corrected chi connectivity index (χ0v) is 11.5. The summed E-state index contributed by atoms with van der Waals surface area (Å²) in [5.74, 6) is -0.489. The van der Waals surface area contributed by atoms with Crippen molar-refractivity contribution in [1.82, 2.24) is 4.90 Å². The number of piperidine rings is 1.